The van der Waals surface area contributed by atoms with Gasteiger partial charge in [0.15, 0.2) is 0 Å². The molecule has 1 aliphatic heterocycles. The van der Waals surface area contributed by atoms with E-state index < -0.39 is 0 Å². The van der Waals surface area contributed by atoms with E-state index >= 15 is 0 Å². The number of hydrogen-bond donors (Lipinski definition) is 2. The Bertz CT molecular complexity index is 253. The molecule has 1 saturated carbocycles. The average Bonchev–Trinajstić information content (AvgIpc) is 2.38. The number of hydrogen-bond acceptors (Lipinski definition) is 2. The second-order valence-corrected chi connectivity index (χ2v) is 6.02. The van der Waals surface area contributed by atoms with Crippen molar-refractivity contribution in [2.45, 2.75) is 51.9 Å². The molecular weight excluding hydrogens is 212 g/mol. The Morgan fingerprint density at radius 3 is 2.53 bits per heavy atom. The van der Waals surface area contributed by atoms with Gasteiger partial charge in [-0.25, -0.2) is 0 Å². The highest BCUT2D eigenvalue weighted by molar-refractivity contribution is 5.82. The van der Waals surface area contributed by atoms with Gasteiger partial charge < -0.3 is 10.6 Å². The maximum Gasteiger partial charge on any atom is 0.225 e. The first kappa shape index (κ1) is 12.9. The van der Waals surface area contributed by atoms with Crippen LogP contribution in [0.5, 0.6) is 0 Å². The first-order valence-corrected chi connectivity index (χ1v) is 7.20. The molecule has 1 aliphatic carbocycles. The minimum absolute atomic E-state index is 0.0782. The predicted octanol–water partition coefficient (Wildman–Crippen LogP) is 2.07. The zero-order valence-electron chi connectivity index (χ0n) is 11.1. The van der Waals surface area contributed by atoms with E-state index in [1.165, 1.54) is 32.1 Å². The lowest BCUT2D eigenvalue weighted by molar-refractivity contribution is -0.132. The molecule has 0 aromatic heterocycles. The highest BCUT2D eigenvalue weighted by Crippen LogP contribution is 2.35. The minimum Gasteiger partial charge on any atom is -0.355 e. The van der Waals surface area contributed by atoms with Crippen LogP contribution < -0.4 is 10.6 Å². The fourth-order valence-corrected chi connectivity index (χ4v) is 3.10. The Balaban J connectivity index is 1.75. The topological polar surface area (TPSA) is 41.1 Å². The summed E-state index contributed by atoms with van der Waals surface area (Å²) in [6.45, 7) is 5.25. The van der Waals surface area contributed by atoms with Gasteiger partial charge in [-0.1, -0.05) is 26.2 Å². The van der Waals surface area contributed by atoms with Crippen LogP contribution in [0.15, 0.2) is 0 Å². The zero-order chi connectivity index (χ0) is 12.1. The van der Waals surface area contributed by atoms with Crippen LogP contribution in [0, 0.1) is 11.3 Å². The van der Waals surface area contributed by atoms with E-state index in [1.807, 2.05) is 0 Å². The molecule has 2 N–H and O–H groups in total. The van der Waals surface area contributed by atoms with Crippen molar-refractivity contribution in [1.82, 2.24) is 10.6 Å². The van der Waals surface area contributed by atoms with E-state index in [2.05, 4.69) is 17.6 Å². The molecule has 98 valence electrons. The molecule has 3 nitrogen and oxygen atoms in total. The Labute approximate surface area is 105 Å². The van der Waals surface area contributed by atoms with Gasteiger partial charge in [-0.05, 0) is 44.7 Å². The summed E-state index contributed by atoms with van der Waals surface area (Å²) in [6, 6.07) is 0. The highest BCUT2D eigenvalue weighted by atomic mass is 16.2. The van der Waals surface area contributed by atoms with Crippen LogP contribution in [0.4, 0.5) is 0 Å². The van der Waals surface area contributed by atoms with Gasteiger partial charge in [0.2, 0.25) is 5.91 Å². The van der Waals surface area contributed by atoms with Gasteiger partial charge in [0.05, 0.1) is 0 Å². The van der Waals surface area contributed by atoms with E-state index in [1.54, 1.807) is 0 Å². The summed E-state index contributed by atoms with van der Waals surface area (Å²) in [4.78, 5) is 12.2. The average molecular weight is 238 g/mol. The molecule has 2 aliphatic rings. The molecule has 0 atom stereocenters. The van der Waals surface area contributed by atoms with E-state index in [9.17, 15) is 4.79 Å². The van der Waals surface area contributed by atoms with Crippen LogP contribution in [0.2, 0.25) is 0 Å². The van der Waals surface area contributed by atoms with E-state index in [0.29, 0.717) is 11.8 Å². The van der Waals surface area contributed by atoms with Gasteiger partial charge in [0.25, 0.3) is 0 Å². The van der Waals surface area contributed by atoms with Gasteiger partial charge in [-0.15, -0.1) is 0 Å². The number of amides is 1. The summed E-state index contributed by atoms with van der Waals surface area (Å²) in [7, 11) is 0. The molecule has 1 saturated heterocycles. The smallest absolute Gasteiger partial charge is 0.225 e. The van der Waals surface area contributed by atoms with Crippen molar-refractivity contribution in [3.63, 3.8) is 0 Å². The molecular formula is C14H26N2O. The van der Waals surface area contributed by atoms with Gasteiger partial charge in [0, 0.05) is 12.0 Å². The summed E-state index contributed by atoms with van der Waals surface area (Å²) in [5, 5.41) is 6.56. The highest BCUT2D eigenvalue weighted by Gasteiger charge is 2.34. The zero-order valence-corrected chi connectivity index (χ0v) is 11.1. The van der Waals surface area contributed by atoms with Crippen LogP contribution in [0.25, 0.3) is 0 Å². The number of rotatable bonds is 3. The third-order valence-corrected chi connectivity index (χ3v) is 4.52. The molecule has 2 rings (SSSR count). The second kappa shape index (κ2) is 5.85. The molecule has 0 aromatic carbocycles. The number of nitrogens with one attached hydrogen (secondary N) is 2. The molecule has 17 heavy (non-hydrogen) atoms. The number of carbonyl (C=O) groups is 1. The van der Waals surface area contributed by atoms with Crippen LogP contribution in [0.1, 0.15) is 51.9 Å². The lowest BCUT2D eigenvalue weighted by Crippen LogP contribution is -2.43. The van der Waals surface area contributed by atoms with E-state index in [0.717, 1.165) is 32.5 Å². The van der Waals surface area contributed by atoms with Crippen LogP contribution in [0.3, 0.4) is 0 Å². The molecule has 0 spiro atoms. The lowest BCUT2D eigenvalue weighted by Gasteiger charge is -2.33. The maximum atomic E-state index is 12.2. The van der Waals surface area contributed by atoms with E-state index in [4.69, 9.17) is 0 Å². The monoisotopic (exact) mass is 238 g/mol. The van der Waals surface area contributed by atoms with Crippen molar-refractivity contribution in [2.24, 2.45) is 11.3 Å². The van der Waals surface area contributed by atoms with Crippen LogP contribution in [-0.4, -0.2) is 25.5 Å². The van der Waals surface area contributed by atoms with Gasteiger partial charge in [-0.2, -0.15) is 0 Å². The molecule has 3 heteroatoms. The Morgan fingerprint density at radius 2 is 1.88 bits per heavy atom. The number of piperidine rings is 1. The normalized spacial score (nSPS) is 25.5. The second-order valence-electron chi connectivity index (χ2n) is 6.02. The van der Waals surface area contributed by atoms with E-state index in [-0.39, 0.29) is 5.41 Å². The summed E-state index contributed by atoms with van der Waals surface area (Å²) in [5.41, 5.74) is -0.0782. The fourth-order valence-electron chi connectivity index (χ4n) is 3.10. The minimum atomic E-state index is -0.0782. The predicted molar refractivity (Wildman–Crippen MR) is 69.8 cm³/mol. The maximum absolute atomic E-state index is 12.2. The summed E-state index contributed by atoms with van der Waals surface area (Å²) in [6.07, 6.45) is 8.30. The van der Waals surface area contributed by atoms with Gasteiger partial charge in [-0.3, -0.25) is 4.79 Å². The summed E-state index contributed by atoms with van der Waals surface area (Å²) in [5.74, 6) is 0.989. The third kappa shape index (κ3) is 3.44. The Hall–Kier alpha value is -0.570. The van der Waals surface area contributed by atoms with Crippen LogP contribution >= 0.6 is 0 Å². The van der Waals surface area contributed by atoms with Gasteiger partial charge >= 0.3 is 0 Å². The summed E-state index contributed by atoms with van der Waals surface area (Å²) < 4.78 is 0. The molecule has 0 radical (unpaired) electrons. The van der Waals surface area contributed by atoms with Crippen LogP contribution in [-0.2, 0) is 4.79 Å². The first-order chi connectivity index (χ1) is 8.21. The first-order valence-electron chi connectivity index (χ1n) is 7.20. The molecule has 1 amide bonds. The molecule has 0 bridgehead atoms. The van der Waals surface area contributed by atoms with Crippen molar-refractivity contribution in [1.29, 1.82) is 0 Å². The van der Waals surface area contributed by atoms with Crippen molar-refractivity contribution < 1.29 is 4.79 Å². The quantitative estimate of drug-likeness (QED) is 0.790. The molecule has 2 fully saturated rings. The summed E-state index contributed by atoms with van der Waals surface area (Å²) >= 11 is 0. The molecule has 0 unspecified atom stereocenters. The Morgan fingerprint density at radius 1 is 1.24 bits per heavy atom. The van der Waals surface area contributed by atoms with Crippen molar-refractivity contribution in [3.8, 4) is 0 Å². The lowest BCUT2D eigenvalue weighted by atomic mass is 9.75. The van der Waals surface area contributed by atoms with Gasteiger partial charge in [0.1, 0.15) is 0 Å². The molecule has 0 aromatic rings. The molecule has 1 heterocycles. The van der Waals surface area contributed by atoms with Crippen molar-refractivity contribution in [2.75, 3.05) is 19.6 Å². The fraction of sp³-hybridized carbons (Fsp3) is 0.929. The van der Waals surface area contributed by atoms with Crippen molar-refractivity contribution in [3.05, 3.63) is 0 Å². The van der Waals surface area contributed by atoms with Crippen molar-refractivity contribution >= 4 is 5.91 Å². The Kier molecular flexibility index (Phi) is 4.43. The largest absolute Gasteiger partial charge is 0.355 e. The third-order valence-electron chi connectivity index (χ3n) is 4.52. The SMILES string of the molecule is CC1(C(=O)NCC2CCNCC2)CCCCC1. The number of carbonyl (C=O) groups excluding carboxylic acids is 1. The standard InChI is InChI=1S/C14H26N2O/c1-14(7-3-2-4-8-14)13(17)16-11-12-5-9-15-10-6-12/h12,15H,2-11H2,1H3,(H,16,17).